The Labute approximate surface area is 179 Å². The van der Waals surface area contributed by atoms with Crippen LogP contribution in [0.3, 0.4) is 0 Å². The Bertz CT molecular complexity index is 1300. The number of nitrogens with one attached hydrogen (secondary N) is 1. The number of aromatic nitrogens is 5. The van der Waals surface area contributed by atoms with Crippen molar-refractivity contribution in [3.05, 3.63) is 64.3 Å². The molecule has 1 saturated heterocycles. The molecule has 0 spiro atoms. The molecule has 1 aliphatic rings. The first-order valence-corrected chi connectivity index (χ1v) is 10.5. The van der Waals surface area contributed by atoms with Gasteiger partial charge >= 0.3 is 11.6 Å². The Hall–Kier alpha value is -3.52. The van der Waals surface area contributed by atoms with E-state index in [1.165, 1.54) is 4.40 Å². The molecule has 0 saturated carbocycles. The SMILES string of the molecule is Cc1cc(-c2c(-c3ccccc3)nc(N)[n+]3c(=O)n(C[C@H]4CCCO4)[nH]c23)cc(C)n1. The van der Waals surface area contributed by atoms with Crippen molar-refractivity contribution in [2.24, 2.45) is 0 Å². The number of aromatic amines is 1. The van der Waals surface area contributed by atoms with E-state index in [4.69, 9.17) is 10.5 Å². The first-order valence-electron chi connectivity index (χ1n) is 10.5. The minimum absolute atomic E-state index is 0.0167. The third-order valence-electron chi connectivity index (χ3n) is 5.64. The molecule has 1 aliphatic heterocycles. The van der Waals surface area contributed by atoms with Crippen LogP contribution < -0.4 is 15.8 Å². The number of aryl methyl sites for hydroxylation is 2. The van der Waals surface area contributed by atoms with Crippen LogP contribution in [0.1, 0.15) is 24.2 Å². The molecule has 0 radical (unpaired) electrons. The first-order chi connectivity index (χ1) is 15.0. The lowest BCUT2D eigenvalue weighted by atomic mass is 9.99. The Morgan fingerprint density at radius 2 is 1.90 bits per heavy atom. The fraction of sp³-hybridized carbons (Fsp3) is 0.304. The zero-order valence-electron chi connectivity index (χ0n) is 17.6. The van der Waals surface area contributed by atoms with Crippen molar-refractivity contribution >= 4 is 11.6 Å². The summed E-state index contributed by atoms with van der Waals surface area (Å²) in [7, 11) is 0. The molecule has 8 nitrogen and oxygen atoms in total. The highest BCUT2D eigenvalue weighted by atomic mass is 16.5. The fourth-order valence-electron chi connectivity index (χ4n) is 4.33. The van der Waals surface area contributed by atoms with Crippen molar-refractivity contribution in [3.63, 3.8) is 0 Å². The molecule has 4 heterocycles. The van der Waals surface area contributed by atoms with Crippen LogP contribution in [-0.4, -0.2) is 32.5 Å². The molecule has 8 heteroatoms. The molecular weight excluding hydrogens is 392 g/mol. The normalized spacial score (nSPS) is 16.3. The maximum atomic E-state index is 13.2. The summed E-state index contributed by atoms with van der Waals surface area (Å²) in [5.41, 5.74) is 11.8. The van der Waals surface area contributed by atoms with E-state index in [1.54, 1.807) is 4.68 Å². The molecule has 1 aromatic carbocycles. The Kier molecular flexibility index (Phi) is 4.78. The van der Waals surface area contributed by atoms with Crippen LogP contribution in [0.2, 0.25) is 0 Å². The quantitative estimate of drug-likeness (QED) is 0.497. The molecule has 31 heavy (non-hydrogen) atoms. The number of hydrogen-bond acceptors (Lipinski definition) is 5. The summed E-state index contributed by atoms with van der Waals surface area (Å²) >= 11 is 0. The number of nitrogen functional groups attached to an aromatic ring is 1. The largest absolute Gasteiger partial charge is 0.428 e. The van der Waals surface area contributed by atoms with Crippen molar-refractivity contribution in [2.45, 2.75) is 39.3 Å². The molecule has 1 atom stereocenters. The van der Waals surface area contributed by atoms with Gasteiger partial charge in [-0.1, -0.05) is 30.3 Å². The highest BCUT2D eigenvalue weighted by molar-refractivity contribution is 5.88. The van der Waals surface area contributed by atoms with E-state index in [9.17, 15) is 4.79 Å². The number of H-pyrrole nitrogens is 1. The van der Waals surface area contributed by atoms with E-state index in [2.05, 4.69) is 15.1 Å². The van der Waals surface area contributed by atoms with E-state index in [1.807, 2.05) is 56.3 Å². The van der Waals surface area contributed by atoms with Crippen LogP contribution in [0.15, 0.2) is 47.3 Å². The zero-order valence-corrected chi connectivity index (χ0v) is 17.6. The van der Waals surface area contributed by atoms with Crippen LogP contribution in [0.5, 0.6) is 0 Å². The van der Waals surface area contributed by atoms with Crippen molar-refractivity contribution in [1.29, 1.82) is 0 Å². The molecule has 3 aromatic heterocycles. The summed E-state index contributed by atoms with van der Waals surface area (Å²) in [6.45, 7) is 5.10. The van der Waals surface area contributed by atoms with E-state index >= 15 is 0 Å². The minimum Gasteiger partial charge on any atom is -0.375 e. The number of rotatable bonds is 4. The molecule has 0 amide bonds. The van der Waals surface area contributed by atoms with Crippen LogP contribution in [0.25, 0.3) is 28.0 Å². The number of pyridine rings is 1. The van der Waals surface area contributed by atoms with Gasteiger partial charge in [-0.15, -0.1) is 9.38 Å². The highest BCUT2D eigenvalue weighted by Gasteiger charge is 2.27. The van der Waals surface area contributed by atoms with Gasteiger partial charge in [0, 0.05) is 23.6 Å². The van der Waals surface area contributed by atoms with E-state index in [0.29, 0.717) is 17.9 Å². The van der Waals surface area contributed by atoms with Crippen molar-refractivity contribution in [2.75, 3.05) is 12.3 Å². The van der Waals surface area contributed by atoms with Gasteiger partial charge < -0.3 is 10.5 Å². The van der Waals surface area contributed by atoms with Gasteiger partial charge in [-0.05, 0) is 44.4 Å². The predicted molar refractivity (Wildman–Crippen MR) is 118 cm³/mol. The van der Waals surface area contributed by atoms with E-state index in [0.717, 1.165) is 47.5 Å². The van der Waals surface area contributed by atoms with Crippen molar-refractivity contribution in [1.82, 2.24) is 19.7 Å². The Morgan fingerprint density at radius 1 is 1.16 bits per heavy atom. The molecule has 5 rings (SSSR count). The summed E-state index contributed by atoms with van der Waals surface area (Å²) in [4.78, 5) is 22.4. The Morgan fingerprint density at radius 3 is 2.58 bits per heavy atom. The number of fused-ring (bicyclic) bond motifs is 1. The van der Waals surface area contributed by atoms with Gasteiger partial charge in [0.2, 0.25) is 5.65 Å². The van der Waals surface area contributed by atoms with Gasteiger partial charge in [0.1, 0.15) is 12.2 Å². The summed E-state index contributed by atoms with van der Waals surface area (Å²) < 4.78 is 8.75. The molecule has 4 aromatic rings. The second kappa shape index (κ2) is 7.63. The number of hydrogen-bond donors (Lipinski definition) is 2. The summed E-state index contributed by atoms with van der Waals surface area (Å²) in [5.74, 6) is 0.146. The standard InChI is InChI=1S/C23H24N6O2/c1-14-11-17(12-15(2)25-14)19-20(16-7-4-3-5-8-16)26-22(24)29-21(19)27-28(23(29)30)13-18-9-6-10-31-18/h3-5,7-8,11-12,18H,6,9-10,13H2,1-2H3,(H2,24,25,26,27)/p+1/t18-/m1/s1. The summed E-state index contributed by atoms with van der Waals surface area (Å²) in [5, 5.41) is 3.29. The predicted octanol–water partition coefficient (Wildman–Crippen LogP) is 2.42. The van der Waals surface area contributed by atoms with Gasteiger partial charge in [-0.2, -0.15) is 4.68 Å². The second-order valence-electron chi connectivity index (χ2n) is 8.02. The average Bonchev–Trinajstić information content (AvgIpc) is 3.36. The van der Waals surface area contributed by atoms with Gasteiger partial charge in [0.25, 0.3) is 0 Å². The first kappa shape index (κ1) is 19.4. The summed E-state index contributed by atoms with van der Waals surface area (Å²) in [6, 6.07) is 13.9. The molecule has 1 fully saturated rings. The van der Waals surface area contributed by atoms with Gasteiger partial charge in [0.15, 0.2) is 0 Å². The molecule has 158 valence electrons. The molecular formula is C23H25N6O2+. The zero-order chi connectivity index (χ0) is 21.5. The van der Waals surface area contributed by atoms with Crippen molar-refractivity contribution < 1.29 is 9.14 Å². The average molecular weight is 417 g/mol. The topological polar surface area (TPSA) is 103 Å². The maximum absolute atomic E-state index is 13.2. The third kappa shape index (κ3) is 3.48. The molecule has 3 N–H and O–H groups in total. The molecule has 0 aliphatic carbocycles. The monoisotopic (exact) mass is 417 g/mol. The number of anilines is 1. The van der Waals surface area contributed by atoms with Crippen LogP contribution >= 0.6 is 0 Å². The highest BCUT2D eigenvalue weighted by Crippen LogP contribution is 2.33. The maximum Gasteiger partial charge on any atom is 0.428 e. The fourth-order valence-corrected chi connectivity index (χ4v) is 4.33. The second-order valence-corrected chi connectivity index (χ2v) is 8.02. The van der Waals surface area contributed by atoms with Gasteiger partial charge in [0.05, 0.1) is 11.7 Å². The molecule has 0 bridgehead atoms. The number of ether oxygens (including phenoxy) is 1. The third-order valence-corrected chi connectivity index (χ3v) is 5.64. The van der Waals surface area contributed by atoms with Crippen LogP contribution in [0, 0.1) is 13.8 Å². The molecule has 0 unspecified atom stereocenters. The van der Waals surface area contributed by atoms with Gasteiger partial charge in [-0.3, -0.25) is 4.98 Å². The van der Waals surface area contributed by atoms with E-state index < -0.39 is 0 Å². The minimum atomic E-state index is -0.251. The van der Waals surface area contributed by atoms with Crippen molar-refractivity contribution in [3.8, 4) is 22.4 Å². The van der Waals surface area contributed by atoms with Gasteiger partial charge in [-0.25, -0.2) is 9.89 Å². The lowest BCUT2D eigenvalue weighted by molar-refractivity contribution is -0.516. The van der Waals surface area contributed by atoms with Crippen LogP contribution in [0.4, 0.5) is 5.95 Å². The number of nitrogens with two attached hydrogens (primary N) is 1. The Balaban J connectivity index is 1.81. The smallest absolute Gasteiger partial charge is 0.375 e. The van der Waals surface area contributed by atoms with Crippen LogP contribution in [-0.2, 0) is 11.3 Å². The lowest BCUT2D eigenvalue weighted by Gasteiger charge is -2.10. The van der Waals surface area contributed by atoms with E-state index in [-0.39, 0.29) is 17.7 Å². The lowest BCUT2D eigenvalue weighted by Crippen LogP contribution is -2.45. The number of nitrogens with zero attached hydrogens (tertiary/aromatic N) is 4. The summed E-state index contributed by atoms with van der Waals surface area (Å²) in [6.07, 6.45) is 1.96. The number of benzene rings is 1.